The quantitative estimate of drug-likeness (QED) is 0.790. The fraction of sp³-hybridized carbons (Fsp3) is 0.133. The molecule has 3 rings (SSSR count). The summed E-state index contributed by atoms with van der Waals surface area (Å²) in [7, 11) is 0. The van der Waals surface area contributed by atoms with E-state index in [4.69, 9.17) is 5.11 Å². The Kier molecular flexibility index (Phi) is 2.95. The molecule has 0 saturated carbocycles. The lowest BCUT2D eigenvalue weighted by atomic mass is 10.1. The maximum atomic E-state index is 10.7. The van der Waals surface area contributed by atoms with E-state index in [0.717, 1.165) is 11.1 Å². The summed E-state index contributed by atoms with van der Waals surface area (Å²) < 4.78 is 1.76. The molecule has 3 aromatic rings. The molecular weight excluding hydrogens is 254 g/mol. The Bertz CT molecular complexity index is 775. The van der Waals surface area contributed by atoms with Crippen LogP contribution in [0.4, 0.5) is 0 Å². The second kappa shape index (κ2) is 4.77. The number of carboxylic acids is 1. The van der Waals surface area contributed by atoms with Crippen LogP contribution in [-0.4, -0.2) is 25.4 Å². The first-order valence-electron chi connectivity index (χ1n) is 6.24. The van der Waals surface area contributed by atoms with Gasteiger partial charge in [-0.1, -0.05) is 29.8 Å². The number of rotatable bonds is 3. The van der Waals surface area contributed by atoms with E-state index in [1.54, 1.807) is 16.8 Å². The lowest BCUT2D eigenvalue weighted by Crippen LogP contribution is -1.99. The third kappa shape index (κ3) is 2.38. The van der Waals surface area contributed by atoms with E-state index in [0.29, 0.717) is 11.5 Å². The third-order valence-corrected chi connectivity index (χ3v) is 3.08. The van der Waals surface area contributed by atoms with Gasteiger partial charge in [0, 0.05) is 24.2 Å². The van der Waals surface area contributed by atoms with Crippen LogP contribution in [-0.2, 0) is 11.2 Å². The van der Waals surface area contributed by atoms with E-state index < -0.39 is 5.97 Å². The summed E-state index contributed by atoms with van der Waals surface area (Å²) in [5, 5.41) is 8.78. The van der Waals surface area contributed by atoms with Gasteiger partial charge in [0.1, 0.15) is 0 Å². The van der Waals surface area contributed by atoms with Gasteiger partial charge in [0.15, 0.2) is 0 Å². The molecule has 0 bridgehead atoms. The predicted molar refractivity (Wildman–Crippen MR) is 74.5 cm³/mol. The summed E-state index contributed by atoms with van der Waals surface area (Å²) in [5.41, 5.74) is 3.75. The van der Waals surface area contributed by atoms with Crippen LogP contribution >= 0.6 is 0 Å². The number of aryl methyl sites for hydroxylation is 1. The van der Waals surface area contributed by atoms with Crippen molar-refractivity contribution < 1.29 is 9.90 Å². The molecule has 0 unspecified atom stereocenters. The van der Waals surface area contributed by atoms with Crippen molar-refractivity contribution in [2.75, 3.05) is 0 Å². The van der Waals surface area contributed by atoms with Crippen molar-refractivity contribution in [3.8, 4) is 11.1 Å². The summed E-state index contributed by atoms with van der Waals surface area (Å²) in [6.45, 7) is 2.04. The number of nitrogens with zero attached hydrogens (tertiary/aromatic N) is 3. The van der Waals surface area contributed by atoms with Crippen LogP contribution in [0.1, 0.15) is 11.3 Å². The van der Waals surface area contributed by atoms with Gasteiger partial charge >= 0.3 is 5.97 Å². The van der Waals surface area contributed by atoms with Gasteiger partial charge in [0.25, 0.3) is 0 Å². The molecule has 1 N–H and O–H groups in total. The minimum absolute atomic E-state index is 0.0940. The smallest absolute Gasteiger partial charge is 0.309 e. The van der Waals surface area contributed by atoms with Crippen LogP contribution in [0.2, 0.25) is 0 Å². The Morgan fingerprint density at radius 3 is 2.65 bits per heavy atom. The van der Waals surface area contributed by atoms with Crippen LogP contribution in [0.5, 0.6) is 0 Å². The highest BCUT2D eigenvalue weighted by Gasteiger charge is 2.08. The number of benzene rings is 1. The number of aromatic nitrogens is 3. The molecular formula is C15H13N3O2. The molecule has 0 fully saturated rings. The molecule has 2 aromatic heterocycles. The third-order valence-electron chi connectivity index (χ3n) is 3.08. The largest absolute Gasteiger partial charge is 0.481 e. The Morgan fingerprint density at radius 1 is 1.20 bits per heavy atom. The minimum atomic E-state index is -0.896. The zero-order valence-corrected chi connectivity index (χ0v) is 10.9. The Hall–Kier alpha value is -2.69. The van der Waals surface area contributed by atoms with Crippen molar-refractivity contribution in [1.29, 1.82) is 0 Å². The van der Waals surface area contributed by atoms with E-state index in [1.807, 2.05) is 37.4 Å². The number of fused-ring (bicyclic) bond motifs is 1. The molecule has 0 aliphatic heterocycles. The molecule has 5 heteroatoms. The van der Waals surface area contributed by atoms with Crippen LogP contribution in [0, 0.1) is 6.92 Å². The molecule has 0 atom stereocenters. The Labute approximate surface area is 115 Å². The van der Waals surface area contributed by atoms with Crippen LogP contribution in [0.3, 0.4) is 0 Å². The summed E-state index contributed by atoms with van der Waals surface area (Å²) in [5.74, 6) is -0.385. The first-order chi connectivity index (χ1) is 9.61. The topological polar surface area (TPSA) is 67.5 Å². The van der Waals surface area contributed by atoms with Gasteiger partial charge < -0.3 is 5.11 Å². The van der Waals surface area contributed by atoms with Crippen LogP contribution in [0.25, 0.3) is 16.9 Å². The van der Waals surface area contributed by atoms with Crippen molar-refractivity contribution in [2.45, 2.75) is 13.3 Å². The van der Waals surface area contributed by atoms with Crippen molar-refractivity contribution in [2.24, 2.45) is 0 Å². The molecule has 0 amide bonds. The lowest BCUT2D eigenvalue weighted by molar-refractivity contribution is -0.136. The average molecular weight is 267 g/mol. The van der Waals surface area contributed by atoms with Crippen molar-refractivity contribution in [3.63, 3.8) is 0 Å². The average Bonchev–Trinajstić information content (AvgIpc) is 2.79. The molecule has 5 nitrogen and oxygen atoms in total. The minimum Gasteiger partial charge on any atom is -0.481 e. The van der Waals surface area contributed by atoms with Crippen molar-refractivity contribution >= 4 is 11.7 Å². The normalized spacial score (nSPS) is 10.8. The molecule has 0 aliphatic rings. The maximum absolute atomic E-state index is 10.7. The monoisotopic (exact) mass is 267 g/mol. The number of carbonyl (C=O) groups is 1. The summed E-state index contributed by atoms with van der Waals surface area (Å²) >= 11 is 0. The van der Waals surface area contributed by atoms with E-state index in [2.05, 4.69) is 9.97 Å². The Balaban J connectivity index is 2.01. The summed E-state index contributed by atoms with van der Waals surface area (Å²) in [6, 6.07) is 8.16. The standard InChI is InChI=1S/C15H13N3O2/c1-10-2-4-11(5-3-10)12-7-16-15-17-13(6-14(19)20)9-18(15)8-12/h2-5,7-9H,6H2,1H3,(H,19,20). The second-order valence-electron chi connectivity index (χ2n) is 4.72. The van der Waals surface area contributed by atoms with Crippen molar-refractivity contribution in [3.05, 3.63) is 54.1 Å². The fourth-order valence-corrected chi connectivity index (χ4v) is 2.07. The van der Waals surface area contributed by atoms with Crippen LogP contribution in [0.15, 0.2) is 42.9 Å². The number of carboxylic acid groups (broad SMARTS) is 1. The first kappa shape index (κ1) is 12.3. The molecule has 100 valence electrons. The van der Waals surface area contributed by atoms with Crippen molar-refractivity contribution in [1.82, 2.24) is 14.4 Å². The number of imidazole rings is 1. The highest BCUT2D eigenvalue weighted by Crippen LogP contribution is 2.19. The second-order valence-corrected chi connectivity index (χ2v) is 4.72. The van der Waals surface area contributed by atoms with Crippen LogP contribution < -0.4 is 0 Å². The SMILES string of the molecule is Cc1ccc(-c2cnc3nc(CC(=O)O)cn3c2)cc1. The first-order valence-corrected chi connectivity index (χ1v) is 6.24. The number of aliphatic carboxylic acids is 1. The number of hydrogen-bond donors (Lipinski definition) is 1. The van der Waals surface area contributed by atoms with Gasteiger partial charge in [-0.05, 0) is 12.5 Å². The zero-order chi connectivity index (χ0) is 14.1. The van der Waals surface area contributed by atoms with E-state index in [1.165, 1.54) is 5.56 Å². The van der Waals surface area contributed by atoms with Gasteiger partial charge in [0.05, 0.1) is 12.1 Å². The molecule has 20 heavy (non-hydrogen) atoms. The molecule has 0 aliphatic carbocycles. The lowest BCUT2D eigenvalue weighted by Gasteiger charge is -2.02. The van der Waals surface area contributed by atoms with E-state index in [9.17, 15) is 4.79 Å². The molecule has 0 spiro atoms. The van der Waals surface area contributed by atoms with E-state index in [-0.39, 0.29) is 6.42 Å². The molecule has 2 heterocycles. The summed E-state index contributed by atoms with van der Waals surface area (Å²) in [4.78, 5) is 19.1. The highest BCUT2D eigenvalue weighted by molar-refractivity contribution is 5.70. The molecule has 0 radical (unpaired) electrons. The predicted octanol–water partition coefficient (Wildman–Crippen LogP) is 2.33. The molecule has 1 aromatic carbocycles. The zero-order valence-electron chi connectivity index (χ0n) is 10.9. The van der Waals surface area contributed by atoms with E-state index >= 15 is 0 Å². The van der Waals surface area contributed by atoms with Gasteiger partial charge in [-0.3, -0.25) is 9.20 Å². The Morgan fingerprint density at radius 2 is 1.95 bits per heavy atom. The fourth-order valence-electron chi connectivity index (χ4n) is 2.07. The van der Waals surface area contributed by atoms with Gasteiger partial charge in [-0.2, -0.15) is 0 Å². The summed E-state index contributed by atoms with van der Waals surface area (Å²) in [6.07, 6.45) is 5.26. The molecule has 0 saturated heterocycles. The highest BCUT2D eigenvalue weighted by atomic mass is 16.4. The van der Waals surface area contributed by atoms with Gasteiger partial charge in [0.2, 0.25) is 5.78 Å². The van der Waals surface area contributed by atoms with Gasteiger partial charge in [-0.15, -0.1) is 0 Å². The van der Waals surface area contributed by atoms with Gasteiger partial charge in [-0.25, -0.2) is 9.97 Å². The number of hydrogen-bond acceptors (Lipinski definition) is 3. The maximum Gasteiger partial charge on any atom is 0.309 e.